The van der Waals surface area contributed by atoms with E-state index >= 15 is 0 Å². The van der Waals surface area contributed by atoms with Crippen LogP contribution in [0.2, 0.25) is 0 Å². The molecule has 1 aliphatic rings. The van der Waals surface area contributed by atoms with Gasteiger partial charge in [-0.05, 0) is 49.7 Å². The number of hydrogen-bond donors (Lipinski definition) is 1. The van der Waals surface area contributed by atoms with Crippen molar-refractivity contribution in [2.45, 2.75) is 33.1 Å². The molecule has 8 nitrogen and oxygen atoms in total. The lowest BCUT2D eigenvalue weighted by Crippen LogP contribution is -2.35. The second kappa shape index (κ2) is 9.69. The second-order valence-corrected chi connectivity index (χ2v) is 8.19. The highest BCUT2D eigenvalue weighted by atomic mass is 32.1. The molecule has 4 rings (SSSR count). The molecule has 1 unspecified atom stereocenters. The number of aromatic nitrogens is 1. The molecular formula is C23H22N2O6S. The standard InChI is InChI=1S/C23H22N2O6S/c1-14(22(26)24-10-16-6-7-20-21(8-16)30-13-29-20)31-23(27)17-4-3-5-19(9-17)28-11-18-12-32-15(2)25-18/h3-9,12,14H,10-11,13H2,1-2H3,(H,24,26). The van der Waals surface area contributed by atoms with Crippen LogP contribution >= 0.6 is 11.3 Å². The Morgan fingerprint density at radius 1 is 1.19 bits per heavy atom. The smallest absolute Gasteiger partial charge is 0.339 e. The number of rotatable bonds is 8. The minimum absolute atomic E-state index is 0.189. The predicted molar refractivity (Wildman–Crippen MR) is 117 cm³/mol. The number of hydrogen-bond acceptors (Lipinski definition) is 8. The number of carbonyl (C=O) groups is 2. The van der Waals surface area contributed by atoms with Crippen LogP contribution in [0.25, 0.3) is 0 Å². The number of nitrogens with one attached hydrogen (secondary N) is 1. The highest BCUT2D eigenvalue weighted by Gasteiger charge is 2.20. The molecule has 1 atom stereocenters. The van der Waals surface area contributed by atoms with E-state index in [4.69, 9.17) is 18.9 Å². The van der Waals surface area contributed by atoms with Crippen molar-refractivity contribution < 1.29 is 28.5 Å². The van der Waals surface area contributed by atoms with Crippen LogP contribution in [-0.4, -0.2) is 29.8 Å². The van der Waals surface area contributed by atoms with Crippen LogP contribution in [0.4, 0.5) is 0 Å². The maximum Gasteiger partial charge on any atom is 0.339 e. The number of aryl methyl sites for hydroxylation is 1. The quantitative estimate of drug-likeness (QED) is 0.519. The van der Waals surface area contributed by atoms with Gasteiger partial charge in [0.1, 0.15) is 12.4 Å². The first-order valence-corrected chi connectivity index (χ1v) is 10.9. The lowest BCUT2D eigenvalue weighted by molar-refractivity contribution is -0.129. The van der Waals surface area contributed by atoms with Crippen molar-refractivity contribution in [2.24, 2.45) is 0 Å². The number of carbonyl (C=O) groups excluding carboxylic acids is 2. The molecule has 0 spiro atoms. The van der Waals surface area contributed by atoms with Crippen molar-refractivity contribution in [1.29, 1.82) is 0 Å². The van der Waals surface area contributed by atoms with E-state index in [0.29, 0.717) is 29.4 Å². The van der Waals surface area contributed by atoms with Crippen LogP contribution < -0.4 is 19.5 Å². The van der Waals surface area contributed by atoms with Gasteiger partial charge < -0.3 is 24.3 Å². The summed E-state index contributed by atoms with van der Waals surface area (Å²) < 4.78 is 21.6. The molecule has 2 heterocycles. The number of benzene rings is 2. The minimum atomic E-state index is -0.959. The normalized spacial score (nSPS) is 12.8. The molecule has 2 aromatic carbocycles. The van der Waals surface area contributed by atoms with Gasteiger partial charge in [0.15, 0.2) is 17.6 Å². The van der Waals surface area contributed by atoms with E-state index in [1.807, 2.05) is 18.4 Å². The van der Waals surface area contributed by atoms with Crippen molar-refractivity contribution >= 4 is 23.2 Å². The largest absolute Gasteiger partial charge is 0.487 e. The van der Waals surface area contributed by atoms with Crippen molar-refractivity contribution in [2.75, 3.05) is 6.79 Å². The van der Waals surface area contributed by atoms with Crippen LogP contribution in [0.5, 0.6) is 17.2 Å². The highest BCUT2D eigenvalue weighted by Crippen LogP contribution is 2.32. The Bertz CT molecular complexity index is 1130. The number of esters is 1. The van der Waals surface area contributed by atoms with Gasteiger partial charge in [0.05, 0.1) is 16.3 Å². The van der Waals surface area contributed by atoms with Crippen molar-refractivity contribution in [1.82, 2.24) is 10.3 Å². The maximum atomic E-state index is 12.5. The number of fused-ring (bicyclic) bond motifs is 1. The monoisotopic (exact) mass is 454 g/mol. The van der Waals surface area contributed by atoms with E-state index in [1.54, 1.807) is 47.7 Å². The summed E-state index contributed by atoms with van der Waals surface area (Å²) in [6.45, 7) is 4.22. The van der Waals surface area contributed by atoms with E-state index in [1.165, 1.54) is 6.92 Å². The lowest BCUT2D eigenvalue weighted by Gasteiger charge is -2.14. The minimum Gasteiger partial charge on any atom is -0.487 e. The van der Waals surface area contributed by atoms with Crippen molar-refractivity contribution in [3.8, 4) is 17.2 Å². The molecule has 9 heteroatoms. The van der Waals surface area contributed by atoms with Crippen LogP contribution in [0.15, 0.2) is 47.8 Å². The molecular weight excluding hydrogens is 432 g/mol. The second-order valence-electron chi connectivity index (χ2n) is 7.13. The van der Waals surface area contributed by atoms with Gasteiger partial charge in [-0.25, -0.2) is 9.78 Å². The first-order valence-electron chi connectivity index (χ1n) is 9.99. The van der Waals surface area contributed by atoms with Crippen molar-refractivity contribution in [3.63, 3.8) is 0 Å². The number of ether oxygens (including phenoxy) is 4. The third-order valence-electron chi connectivity index (χ3n) is 4.68. The lowest BCUT2D eigenvalue weighted by atomic mass is 10.2. The number of thiazole rings is 1. The zero-order chi connectivity index (χ0) is 22.5. The number of amides is 1. The molecule has 0 saturated heterocycles. The summed E-state index contributed by atoms with van der Waals surface area (Å²) >= 11 is 1.55. The van der Waals surface area contributed by atoms with Crippen LogP contribution in [0.3, 0.4) is 0 Å². The van der Waals surface area contributed by atoms with Gasteiger partial charge in [-0.2, -0.15) is 0 Å². The summed E-state index contributed by atoms with van der Waals surface area (Å²) in [4.78, 5) is 29.2. The fraction of sp³-hybridized carbons (Fsp3) is 0.261. The number of nitrogens with zero attached hydrogens (tertiary/aromatic N) is 1. The molecule has 1 aromatic heterocycles. The Labute approximate surface area is 189 Å². The first-order chi connectivity index (χ1) is 15.5. The van der Waals surface area contributed by atoms with Crippen LogP contribution in [-0.2, 0) is 22.7 Å². The Morgan fingerprint density at radius 2 is 2.03 bits per heavy atom. The molecule has 0 saturated carbocycles. The Kier molecular flexibility index (Phi) is 6.55. The molecule has 1 amide bonds. The van der Waals surface area contributed by atoms with Crippen molar-refractivity contribution in [3.05, 3.63) is 69.7 Å². The molecule has 0 fully saturated rings. The van der Waals surface area contributed by atoms with E-state index in [-0.39, 0.29) is 13.3 Å². The van der Waals surface area contributed by atoms with E-state index in [2.05, 4.69) is 10.3 Å². The molecule has 32 heavy (non-hydrogen) atoms. The van der Waals surface area contributed by atoms with E-state index in [9.17, 15) is 9.59 Å². The summed E-state index contributed by atoms with van der Waals surface area (Å²) in [6, 6.07) is 12.1. The Morgan fingerprint density at radius 3 is 2.84 bits per heavy atom. The van der Waals surface area contributed by atoms with E-state index in [0.717, 1.165) is 16.3 Å². The maximum absolute atomic E-state index is 12.5. The third-order valence-corrected chi connectivity index (χ3v) is 5.50. The van der Waals surface area contributed by atoms with Gasteiger partial charge in [-0.1, -0.05) is 12.1 Å². The van der Waals surface area contributed by atoms with Crippen LogP contribution in [0, 0.1) is 6.92 Å². The predicted octanol–water partition coefficient (Wildman–Crippen LogP) is 3.62. The molecule has 1 aliphatic heterocycles. The summed E-state index contributed by atoms with van der Waals surface area (Å²) in [5, 5.41) is 5.65. The molecule has 3 aromatic rings. The average molecular weight is 455 g/mol. The van der Waals surface area contributed by atoms with Gasteiger partial charge in [0.2, 0.25) is 6.79 Å². The van der Waals surface area contributed by atoms with Gasteiger partial charge in [-0.15, -0.1) is 11.3 Å². The average Bonchev–Trinajstić information content (AvgIpc) is 3.44. The molecule has 0 aliphatic carbocycles. The summed E-state index contributed by atoms with van der Waals surface area (Å²) in [5.74, 6) is 0.830. The zero-order valence-corrected chi connectivity index (χ0v) is 18.4. The van der Waals surface area contributed by atoms with Gasteiger partial charge >= 0.3 is 5.97 Å². The van der Waals surface area contributed by atoms with Gasteiger partial charge in [0, 0.05) is 11.9 Å². The Balaban J connectivity index is 1.28. The fourth-order valence-corrected chi connectivity index (χ4v) is 3.61. The highest BCUT2D eigenvalue weighted by molar-refractivity contribution is 7.09. The zero-order valence-electron chi connectivity index (χ0n) is 17.6. The molecule has 0 radical (unpaired) electrons. The topological polar surface area (TPSA) is 96.0 Å². The van der Waals surface area contributed by atoms with Crippen LogP contribution in [0.1, 0.15) is 33.5 Å². The van der Waals surface area contributed by atoms with Gasteiger partial charge in [-0.3, -0.25) is 4.79 Å². The summed E-state index contributed by atoms with van der Waals surface area (Å²) in [6.07, 6.45) is -0.959. The molecule has 0 bridgehead atoms. The molecule has 1 N–H and O–H groups in total. The third kappa shape index (κ3) is 5.36. The fourth-order valence-electron chi connectivity index (χ4n) is 3.01. The SMILES string of the molecule is Cc1nc(COc2cccc(C(=O)OC(C)C(=O)NCc3ccc4c(c3)OCO4)c2)cs1. The van der Waals surface area contributed by atoms with Gasteiger partial charge in [0.25, 0.3) is 5.91 Å². The molecule has 166 valence electrons. The first kappa shape index (κ1) is 21.6. The summed E-state index contributed by atoms with van der Waals surface area (Å²) in [5.41, 5.74) is 1.97. The van der Waals surface area contributed by atoms with E-state index < -0.39 is 18.0 Å². The Hall–Kier alpha value is -3.59. The summed E-state index contributed by atoms with van der Waals surface area (Å²) in [7, 11) is 0.